The normalized spacial score (nSPS) is 32.5. The largest absolute Gasteiger partial charge is 0.0654 e. The maximum Gasteiger partial charge on any atom is -0.00463 e. The van der Waals surface area contributed by atoms with Gasteiger partial charge in [-0.05, 0) is 67.4 Å². The second kappa shape index (κ2) is 5.92. The fourth-order valence-electron chi connectivity index (χ4n) is 4.74. The Bertz CT molecular complexity index is 392. The standard InChI is InChI=1S/C20H29/c1-2-3-4-8-11-19-12-15-20(16-13-19,17-14-19)18-9-6-5-7-10-18/h6-7,9-10H,2-4,8,11-17H2,1H3. The van der Waals surface area contributed by atoms with Crippen LogP contribution in [0.25, 0.3) is 0 Å². The van der Waals surface area contributed by atoms with Gasteiger partial charge in [0.1, 0.15) is 0 Å². The first-order chi connectivity index (χ1) is 9.79. The third-order valence-electron chi connectivity index (χ3n) is 6.29. The van der Waals surface area contributed by atoms with Crippen LogP contribution < -0.4 is 0 Å². The summed E-state index contributed by atoms with van der Waals surface area (Å²) in [4.78, 5) is 0. The van der Waals surface area contributed by atoms with Crippen molar-refractivity contribution < 1.29 is 0 Å². The van der Waals surface area contributed by atoms with Crippen LogP contribution in [-0.2, 0) is 5.41 Å². The number of rotatable bonds is 6. The summed E-state index contributed by atoms with van der Waals surface area (Å²) >= 11 is 0. The van der Waals surface area contributed by atoms with E-state index in [0.717, 1.165) is 5.41 Å². The van der Waals surface area contributed by atoms with Gasteiger partial charge in [0, 0.05) is 0 Å². The van der Waals surface area contributed by atoms with E-state index in [1.54, 1.807) is 5.56 Å². The molecule has 0 aliphatic heterocycles. The van der Waals surface area contributed by atoms with Crippen LogP contribution in [0.1, 0.15) is 83.1 Å². The highest BCUT2D eigenvalue weighted by atomic mass is 14.5. The minimum Gasteiger partial charge on any atom is -0.0654 e. The van der Waals surface area contributed by atoms with Crippen LogP contribution in [0.3, 0.4) is 0 Å². The molecular formula is C20H29. The topological polar surface area (TPSA) is 0 Å². The van der Waals surface area contributed by atoms with Crippen LogP contribution in [0, 0.1) is 11.5 Å². The summed E-state index contributed by atoms with van der Waals surface area (Å²) in [6.45, 7) is 2.31. The number of fused-ring (bicyclic) bond motifs is 3. The van der Waals surface area contributed by atoms with Gasteiger partial charge in [-0.15, -0.1) is 0 Å². The van der Waals surface area contributed by atoms with E-state index in [-0.39, 0.29) is 0 Å². The third-order valence-corrected chi connectivity index (χ3v) is 6.29. The molecule has 0 nitrogen and oxygen atoms in total. The van der Waals surface area contributed by atoms with Crippen LogP contribution in [0.2, 0.25) is 0 Å². The van der Waals surface area contributed by atoms with E-state index in [1.807, 2.05) is 0 Å². The quantitative estimate of drug-likeness (QED) is 0.551. The lowest BCUT2D eigenvalue weighted by Crippen LogP contribution is -2.44. The third kappa shape index (κ3) is 2.67. The van der Waals surface area contributed by atoms with Crippen molar-refractivity contribution in [3.8, 4) is 0 Å². The average molecular weight is 269 g/mol. The predicted octanol–water partition coefficient (Wildman–Crippen LogP) is 6.05. The Labute approximate surface area is 125 Å². The van der Waals surface area contributed by atoms with Crippen molar-refractivity contribution in [2.75, 3.05) is 0 Å². The first kappa shape index (κ1) is 14.2. The van der Waals surface area contributed by atoms with E-state index in [0.29, 0.717) is 5.41 Å². The Hall–Kier alpha value is -0.780. The molecule has 0 aromatic heterocycles. The molecule has 1 radical (unpaired) electrons. The Balaban J connectivity index is 1.61. The number of benzene rings is 1. The summed E-state index contributed by atoms with van der Waals surface area (Å²) in [6, 6.07) is 12.0. The van der Waals surface area contributed by atoms with Gasteiger partial charge in [-0.3, -0.25) is 0 Å². The van der Waals surface area contributed by atoms with E-state index in [2.05, 4.69) is 37.3 Å². The summed E-state index contributed by atoms with van der Waals surface area (Å²) < 4.78 is 0. The lowest BCUT2D eigenvalue weighted by Gasteiger charge is -2.54. The van der Waals surface area contributed by atoms with E-state index in [1.165, 1.54) is 70.6 Å². The first-order valence-corrected chi connectivity index (χ1v) is 8.75. The highest BCUT2D eigenvalue weighted by molar-refractivity contribution is 5.27. The van der Waals surface area contributed by atoms with Crippen molar-refractivity contribution in [2.24, 2.45) is 5.41 Å². The summed E-state index contributed by atoms with van der Waals surface area (Å²) in [5.41, 5.74) is 2.85. The smallest absolute Gasteiger partial charge is 0.00463 e. The van der Waals surface area contributed by atoms with Crippen molar-refractivity contribution in [1.29, 1.82) is 0 Å². The van der Waals surface area contributed by atoms with Crippen molar-refractivity contribution >= 4 is 0 Å². The second-order valence-corrected chi connectivity index (χ2v) is 7.38. The summed E-state index contributed by atoms with van der Waals surface area (Å²) in [5.74, 6) is 0. The van der Waals surface area contributed by atoms with Crippen molar-refractivity contribution in [1.82, 2.24) is 0 Å². The molecule has 0 heteroatoms. The lowest BCUT2D eigenvalue weighted by atomic mass is 9.51. The fourth-order valence-corrected chi connectivity index (χ4v) is 4.74. The molecule has 109 valence electrons. The monoisotopic (exact) mass is 269 g/mol. The summed E-state index contributed by atoms with van der Waals surface area (Å²) in [7, 11) is 0. The molecule has 3 aliphatic rings. The summed E-state index contributed by atoms with van der Waals surface area (Å²) in [5, 5.41) is 0. The van der Waals surface area contributed by atoms with E-state index in [4.69, 9.17) is 0 Å². The maximum atomic E-state index is 3.17. The molecule has 1 aromatic carbocycles. The molecule has 0 amide bonds. The van der Waals surface area contributed by atoms with Gasteiger partial charge < -0.3 is 0 Å². The zero-order valence-corrected chi connectivity index (χ0v) is 13.1. The van der Waals surface area contributed by atoms with Crippen LogP contribution in [-0.4, -0.2) is 0 Å². The Morgan fingerprint density at radius 2 is 1.55 bits per heavy atom. The fraction of sp³-hybridized carbons (Fsp3) is 0.700. The minimum atomic E-state index is 0.528. The Kier molecular flexibility index (Phi) is 4.19. The zero-order chi connectivity index (χ0) is 13.9. The maximum absolute atomic E-state index is 3.17. The molecule has 2 bridgehead atoms. The predicted molar refractivity (Wildman–Crippen MR) is 85.9 cm³/mol. The second-order valence-electron chi connectivity index (χ2n) is 7.38. The number of unbranched alkanes of at least 4 members (excludes halogenated alkanes) is 3. The molecular weight excluding hydrogens is 240 g/mol. The molecule has 4 rings (SSSR count). The highest BCUT2D eigenvalue weighted by Crippen LogP contribution is 2.59. The Morgan fingerprint density at radius 1 is 0.900 bits per heavy atom. The van der Waals surface area contributed by atoms with Crippen LogP contribution in [0.4, 0.5) is 0 Å². The Morgan fingerprint density at radius 3 is 2.15 bits per heavy atom. The van der Waals surface area contributed by atoms with Gasteiger partial charge in [-0.1, -0.05) is 56.9 Å². The molecule has 0 spiro atoms. The van der Waals surface area contributed by atoms with Crippen LogP contribution >= 0.6 is 0 Å². The van der Waals surface area contributed by atoms with Gasteiger partial charge in [0.15, 0.2) is 0 Å². The average Bonchev–Trinajstić information content (AvgIpc) is 2.54. The molecule has 0 saturated heterocycles. The van der Waals surface area contributed by atoms with E-state index < -0.39 is 0 Å². The molecule has 0 heterocycles. The molecule has 0 unspecified atom stereocenters. The van der Waals surface area contributed by atoms with Crippen molar-refractivity contribution in [2.45, 2.75) is 83.0 Å². The number of hydrogen-bond donors (Lipinski definition) is 0. The molecule has 3 saturated carbocycles. The van der Waals surface area contributed by atoms with Crippen LogP contribution in [0.15, 0.2) is 24.3 Å². The van der Waals surface area contributed by atoms with Gasteiger partial charge in [0.25, 0.3) is 0 Å². The lowest BCUT2D eigenvalue weighted by molar-refractivity contribution is 0.0305. The SMILES string of the molecule is CCCCCCC12CCC(c3cc[c]cc3)(CC1)CC2. The molecule has 0 N–H and O–H groups in total. The van der Waals surface area contributed by atoms with Gasteiger partial charge in [-0.25, -0.2) is 0 Å². The molecule has 20 heavy (non-hydrogen) atoms. The van der Waals surface area contributed by atoms with Crippen molar-refractivity contribution in [3.05, 3.63) is 35.9 Å². The molecule has 3 fully saturated rings. The van der Waals surface area contributed by atoms with Gasteiger partial charge in [0.05, 0.1) is 0 Å². The van der Waals surface area contributed by atoms with E-state index >= 15 is 0 Å². The minimum absolute atomic E-state index is 0.528. The zero-order valence-electron chi connectivity index (χ0n) is 13.1. The first-order valence-electron chi connectivity index (χ1n) is 8.75. The summed E-state index contributed by atoms with van der Waals surface area (Å²) in [6.07, 6.45) is 16.0. The van der Waals surface area contributed by atoms with Gasteiger partial charge >= 0.3 is 0 Å². The number of hydrogen-bond acceptors (Lipinski definition) is 0. The van der Waals surface area contributed by atoms with Crippen LogP contribution in [0.5, 0.6) is 0 Å². The highest BCUT2D eigenvalue weighted by Gasteiger charge is 2.48. The van der Waals surface area contributed by atoms with Gasteiger partial charge in [0.2, 0.25) is 0 Å². The van der Waals surface area contributed by atoms with Crippen molar-refractivity contribution in [3.63, 3.8) is 0 Å². The van der Waals surface area contributed by atoms with E-state index in [9.17, 15) is 0 Å². The molecule has 0 atom stereocenters. The molecule has 3 aliphatic carbocycles. The van der Waals surface area contributed by atoms with Gasteiger partial charge in [-0.2, -0.15) is 0 Å². The molecule has 1 aromatic rings.